The fourth-order valence-corrected chi connectivity index (χ4v) is 4.53. The van der Waals surface area contributed by atoms with E-state index in [1.54, 1.807) is 0 Å². The highest BCUT2D eigenvalue weighted by Gasteiger charge is 2.43. The predicted molar refractivity (Wildman–Crippen MR) is 111 cm³/mol. The van der Waals surface area contributed by atoms with E-state index in [0.29, 0.717) is 25.7 Å². The van der Waals surface area contributed by atoms with E-state index in [-0.39, 0.29) is 42.2 Å². The molecule has 7 heteroatoms. The van der Waals surface area contributed by atoms with E-state index in [9.17, 15) is 24.9 Å². The van der Waals surface area contributed by atoms with Gasteiger partial charge in [-0.15, -0.1) is 0 Å². The number of hydrogen-bond donors (Lipinski definition) is 4. The van der Waals surface area contributed by atoms with Crippen LogP contribution in [0.5, 0.6) is 0 Å². The highest BCUT2D eigenvalue weighted by Crippen LogP contribution is 2.44. The van der Waals surface area contributed by atoms with Crippen molar-refractivity contribution in [3.05, 3.63) is 23.8 Å². The molecule has 0 saturated carbocycles. The first kappa shape index (κ1) is 24.6. The molecule has 8 atom stereocenters. The number of rotatable bonds is 10. The van der Waals surface area contributed by atoms with Crippen LogP contribution in [0.15, 0.2) is 23.8 Å². The Labute approximate surface area is 178 Å². The normalized spacial score (nSPS) is 31.3. The average Bonchev–Trinajstić information content (AvgIpc) is 2.67. The number of carbonyl (C=O) groups is 2. The molecule has 0 aliphatic heterocycles. The molecule has 0 amide bonds. The lowest BCUT2D eigenvalue weighted by Crippen LogP contribution is -2.44. The van der Waals surface area contributed by atoms with Gasteiger partial charge in [-0.2, -0.15) is 0 Å². The summed E-state index contributed by atoms with van der Waals surface area (Å²) < 4.78 is 5.86. The maximum absolute atomic E-state index is 12.4. The van der Waals surface area contributed by atoms with E-state index in [2.05, 4.69) is 0 Å². The molecule has 30 heavy (non-hydrogen) atoms. The highest BCUT2D eigenvalue weighted by molar-refractivity contribution is 5.72. The van der Waals surface area contributed by atoms with E-state index >= 15 is 0 Å². The summed E-state index contributed by atoms with van der Waals surface area (Å²) >= 11 is 0. The van der Waals surface area contributed by atoms with Crippen LogP contribution in [0.2, 0.25) is 0 Å². The van der Waals surface area contributed by atoms with Gasteiger partial charge in [-0.05, 0) is 43.1 Å². The smallest absolute Gasteiger partial charge is 0.308 e. The maximum Gasteiger partial charge on any atom is 0.308 e. The Hall–Kier alpha value is -1.70. The van der Waals surface area contributed by atoms with E-state index in [4.69, 9.17) is 9.84 Å². The van der Waals surface area contributed by atoms with Crippen LogP contribution in [0.25, 0.3) is 0 Å². The number of carbonyl (C=O) groups excluding carboxylic acids is 1. The standard InChI is InChI=1S/C23H36O7/c1-4-13(2)23(29)30-20-7-5-6-15-10-19(26)14(3)18(22(15)20)9-8-16(24)11-17(25)12-21(27)28/h5-6,10,13-14,16-20,22,24-26H,4,7-9,11-12H2,1-3H3,(H,27,28)/t13-,14?,16?,17?,18?,19?,20?,22?/m0/s1. The summed E-state index contributed by atoms with van der Waals surface area (Å²) in [7, 11) is 0. The number of esters is 1. The number of carboxylic acid groups (broad SMARTS) is 1. The molecule has 0 fully saturated rings. The topological polar surface area (TPSA) is 124 Å². The van der Waals surface area contributed by atoms with Gasteiger partial charge in [0.1, 0.15) is 6.10 Å². The van der Waals surface area contributed by atoms with E-state index < -0.39 is 30.7 Å². The van der Waals surface area contributed by atoms with Gasteiger partial charge in [0.05, 0.1) is 30.7 Å². The van der Waals surface area contributed by atoms with Gasteiger partial charge in [0.2, 0.25) is 0 Å². The Kier molecular flexibility index (Phi) is 9.07. The second-order valence-corrected chi connectivity index (χ2v) is 8.85. The number of aliphatic hydroxyl groups excluding tert-OH is 3. The van der Waals surface area contributed by atoms with Crippen LogP contribution in [-0.2, 0) is 14.3 Å². The van der Waals surface area contributed by atoms with Gasteiger partial charge in [-0.1, -0.05) is 39.0 Å². The van der Waals surface area contributed by atoms with Crippen LogP contribution in [-0.4, -0.2) is 56.8 Å². The molecule has 0 saturated heterocycles. The minimum absolute atomic E-state index is 0.00432. The molecule has 4 N–H and O–H groups in total. The first-order valence-corrected chi connectivity index (χ1v) is 11.0. The molecule has 2 aliphatic rings. The molecule has 170 valence electrons. The van der Waals surface area contributed by atoms with Gasteiger partial charge in [0, 0.05) is 12.3 Å². The molecule has 2 aliphatic carbocycles. The summed E-state index contributed by atoms with van der Waals surface area (Å²) in [5, 5.41) is 39.3. The maximum atomic E-state index is 12.4. The first-order chi connectivity index (χ1) is 14.1. The van der Waals surface area contributed by atoms with Gasteiger partial charge < -0.3 is 25.2 Å². The largest absolute Gasteiger partial charge is 0.481 e. The summed E-state index contributed by atoms with van der Waals surface area (Å²) in [5.74, 6) is -1.64. The van der Waals surface area contributed by atoms with E-state index in [1.165, 1.54) is 0 Å². The van der Waals surface area contributed by atoms with Gasteiger partial charge in [-0.25, -0.2) is 0 Å². The lowest BCUT2D eigenvalue weighted by Gasteiger charge is -2.44. The molecule has 0 radical (unpaired) electrons. The number of allylic oxidation sites excluding steroid dienone is 1. The number of aliphatic hydroxyl groups is 3. The van der Waals surface area contributed by atoms with Crippen molar-refractivity contribution in [3.63, 3.8) is 0 Å². The molecule has 0 aromatic heterocycles. The molecule has 0 aromatic rings. The van der Waals surface area contributed by atoms with Gasteiger partial charge in [0.15, 0.2) is 0 Å². The third-order valence-corrected chi connectivity index (χ3v) is 6.57. The van der Waals surface area contributed by atoms with Crippen molar-refractivity contribution in [2.24, 2.45) is 23.7 Å². The summed E-state index contributed by atoms with van der Waals surface area (Å²) in [5.41, 5.74) is 0.958. The Bertz CT molecular complexity index is 656. The van der Waals surface area contributed by atoms with Crippen molar-refractivity contribution in [1.29, 1.82) is 0 Å². The molecule has 2 rings (SSSR count). The Balaban J connectivity index is 2.09. The number of carboxylic acids is 1. The zero-order chi connectivity index (χ0) is 22.4. The Morgan fingerprint density at radius 1 is 1.27 bits per heavy atom. The Morgan fingerprint density at radius 2 is 1.97 bits per heavy atom. The zero-order valence-corrected chi connectivity index (χ0v) is 18.1. The molecule has 7 nitrogen and oxygen atoms in total. The molecule has 0 aromatic carbocycles. The van der Waals surface area contributed by atoms with Crippen molar-refractivity contribution in [2.75, 3.05) is 0 Å². The average molecular weight is 425 g/mol. The Morgan fingerprint density at radius 3 is 2.60 bits per heavy atom. The predicted octanol–water partition coefficient (Wildman–Crippen LogP) is 2.44. The second-order valence-electron chi connectivity index (χ2n) is 8.85. The van der Waals surface area contributed by atoms with Crippen LogP contribution < -0.4 is 0 Å². The third-order valence-electron chi connectivity index (χ3n) is 6.57. The minimum Gasteiger partial charge on any atom is -0.481 e. The summed E-state index contributed by atoms with van der Waals surface area (Å²) in [6.45, 7) is 5.75. The van der Waals surface area contributed by atoms with Gasteiger partial charge >= 0.3 is 11.9 Å². The monoisotopic (exact) mass is 424 g/mol. The molecular weight excluding hydrogens is 388 g/mol. The molecular formula is C23H36O7. The van der Waals surface area contributed by atoms with Crippen LogP contribution in [0, 0.1) is 23.7 Å². The summed E-state index contributed by atoms with van der Waals surface area (Å²) in [6.07, 6.45) is 4.79. The molecule has 0 spiro atoms. The summed E-state index contributed by atoms with van der Waals surface area (Å²) in [4.78, 5) is 23.1. The number of fused-ring (bicyclic) bond motifs is 1. The van der Waals surface area contributed by atoms with Crippen molar-refractivity contribution in [2.45, 2.75) is 83.7 Å². The van der Waals surface area contributed by atoms with Gasteiger partial charge in [0.25, 0.3) is 0 Å². The fraction of sp³-hybridized carbons (Fsp3) is 0.739. The quantitative estimate of drug-likeness (QED) is 0.397. The van der Waals surface area contributed by atoms with Crippen LogP contribution in [0.4, 0.5) is 0 Å². The number of aliphatic carboxylic acids is 1. The van der Waals surface area contributed by atoms with Crippen molar-refractivity contribution < 1.29 is 34.8 Å². The lowest BCUT2D eigenvalue weighted by molar-refractivity contribution is -0.157. The van der Waals surface area contributed by atoms with Crippen molar-refractivity contribution in [3.8, 4) is 0 Å². The van der Waals surface area contributed by atoms with Gasteiger partial charge in [-0.3, -0.25) is 9.59 Å². The van der Waals surface area contributed by atoms with Crippen LogP contribution >= 0.6 is 0 Å². The number of hydrogen-bond acceptors (Lipinski definition) is 6. The first-order valence-electron chi connectivity index (χ1n) is 11.0. The number of ether oxygens (including phenoxy) is 1. The van der Waals surface area contributed by atoms with Crippen LogP contribution in [0.3, 0.4) is 0 Å². The fourth-order valence-electron chi connectivity index (χ4n) is 4.53. The highest BCUT2D eigenvalue weighted by atomic mass is 16.5. The zero-order valence-electron chi connectivity index (χ0n) is 18.1. The third kappa shape index (κ3) is 6.40. The van der Waals surface area contributed by atoms with Crippen molar-refractivity contribution >= 4 is 11.9 Å². The molecule has 0 heterocycles. The summed E-state index contributed by atoms with van der Waals surface area (Å²) in [6, 6.07) is 0. The van der Waals surface area contributed by atoms with Crippen LogP contribution in [0.1, 0.15) is 59.3 Å². The minimum atomic E-state index is -1.10. The lowest BCUT2D eigenvalue weighted by atomic mass is 9.65. The molecule has 0 bridgehead atoms. The van der Waals surface area contributed by atoms with E-state index in [1.807, 2.05) is 39.0 Å². The van der Waals surface area contributed by atoms with E-state index in [0.717, 1.165) is 5.57 Å². The SMILES string of the molecule is CC[C@H](C)C(=O)OC1CC=CC2=CC(O)C(C)C(CCC(O)CC(O)CC(=O)O)C21. The molecule has 7 unspecified atom stereocenters. The van der Waals surface area contributed by atoms with Crippen molar-refractivity contribution in [1.82, 2.24) is 0 Å². The second kappa shape index (κ2) is 11.1.